The van der Waals surface area contributed by atoms with Crippen LogP contribution in [0, 0.1) is 13.8 Å². The molecule has 0 spiro atoms. The Hall–Kier alpha value is -6.73. The van der Waals surface area contributed by atoms with Gasteiger partial charge in [-0.2, -0.15) is 0 Å². The summed E-state index contributed by atoms with van der Waals surface area (Å²) in [6.45, 7) is 32.8. The van der Waals surface area contributed by atoms with E-state index in [0.717, 1.165) is 34.1 Å². The lowest BCUT2D eigenvalue weighted by atomic mass is 9.84. The standard InChI is InChI=1S/C68H72N2Si2/c1-45-15-19-47(20-16-45)61-43-63(69(51-27-23-49(24-28-51)67(3,4)5)53-31-35-55(36-32-53)71(9,10)11)59-42-40-58-62(48-21-17-46(2)18-22-48)44-64(60-41-39-57(61)65(59)66(58)60)70(52-29-25-50(26-30-52)68(6,7)8)54-33-37-56(38-34-54)72(12,13)14/h15-44H,1-14H3. The van der Waals surface area contributed by atoms with Gasteiger partial charge in [-0.05, 0) is 129 Å². The summed E-state index contributed by atoms with van der Waals surface area (Å²) in [5.41, 5.74) is 17.0. The molecule has 0 N–H and O–H groups in total. The van der Waals surface area contributed by atoms with Crippen molar-refractivity contribution in [3.63, 3.8) is 0 Å². The van der Waals surface area contributed by atoms with Gasteiger partial charge >= 0.3 is 0 Å². The van der Waals surface area contributed by atoms with Crippen molar-refractivity contribution in [2.24, 2.45) is 0 Å². The third kappa shape index (κ3) is 9.20. The Morgan fingerprint density at radius 1 is 0.319 bits per heavy atom. The second kappa shape index (κ2) is 18.1. The van der Waals surface area contributed by atoms with E-state index >= 15 is 0 Å². The molecule has 10 rings (SSSR count). The molecular weight excluding hydrogens is 901 g/mol. The zero-order valence-electron chi connectivity index (χ0n) is 45.2. The SMILES string of the molecule is Cc1ccc(-c2cc(N(c3ccc(C(C)(C)C)cc3)c3ccc([Si](C)(C)C)cc3)c3ccc4c(-c5ccc(C)cc5)cc(N(c5ccc(C(C)(C)C)cc5)c5ccc([Si](C)(C)C)cc5)c5ccc2c3c45)cc1. The third-order valence-electron chi connectivity index (χ3n) is 15.0. The summed E-state index contributed by atoms with van der Waals surface area (Å²) < 4.78 is 0. The van der Waals surface area contributed by atoms with Gasteiger partial charge in [-0.3, -0.25) is 0 Å². The topological polar surface area (TPSA) is 6.48 Å². The van der Waals surface area contributed by atoms with E-state index in [1.807, 2.05) is 0 Å². The summed E-state index contributed by atoms with van der Waals surface area (Å²) in [5.74, 6) is 0. The van der Waals surface area contributed by atoms with Crippen molar-refractivity contribution in [2.75, 3.05) is 9.80 Å². The molecule has 72 heavy (non-hydrogen) atoms. The van der Waals surface area contributed by atoms with Gasteiger partial charge in [0.1, 0.15) is 0 Å². The molecule has 0 aliphatic carbocycles. The van der Waals surface area contributed by atoms with E-state index in [-0.39, 0.29) is 10.8 Å². The highest BCUT2D eigenvalue weighted by Gasteiger charge is 2.28. The van der Waals surface area contributed by atoms with Crippen molar-refractivity contribution in [1.82, 2.24) is 0 Å². The minimum absolute atomic E-state index is 0.0275. The van der Waals surface area contributed by atoms with Crippen LogP contribution in [-0.2, 0) is 10.8 Å². The Morgan fingerprint density at radius 3 is 0.875 bits per heavy atom. The molecule has 0 bridgehead atoms. The molecule has 10 aromatic rings. The van der Waals surface area contributed by atoms with Crippen molar-refractivity contribution >= 4 is 93.0 Å². The van der Waals surface area contributed by atoms with E-state index in [1.165, 1.54) is 87.2 Å². The van der Waals surface area contributed by atoms with Gasteiger partial charge in [0.25, 0.3) is 0 Å². The van der Waals surface area contributed by atoms with Crippen LogP contribution >= 0.6 is 0 Å². The average molecular weight is 974 g/mol. The highest BCUT2D eigenvalue weighted by molar-refractivity contribution is 6.89. The number of hydrogen-bond donors (Lipinski definition) is 0. The van der Waals surface area contributed by atoms with Crippen molar-refractivity contribution in [3.8, 4) is 22.3 Å². The predicted octanol–water partition coefficient (Wildman–Crippen LogP) is 19.2. The summed E-state index contributed by atoms with van der Waals surface area (Å²) >= 11 is 0. The molecule has 0 heterocycles. The zero-order valence-corrected chi connectivity index (χ0v) is 47.2. The smallest absolute Gasteiger partial charge is 0.0775 e. The maximum absolute atomic E-state index is 2.52. The highest BCUT2D eigenvalue weighted by Crippen LogP contribution is 2.52. The zero-order chi connectivity index (χ0) is 51.1. The lowest BCUT2D eigenvalue weighted by Crippen LogP contribution is -2.37. The third-order valence-corrected chi connectivity index (χ3v) is 19.2. The fourth-order valence-electron chi connectivity index (χ4n) is 10.6. The first-order chi connectivity index (χ1) is 34.0. The van der Waals surface area contributed by atoms with Crippen LogP contribution in [0.4, 0.5) is 34.1 Å². The van der Waals surface area contributed by atoms with Gasteiger partial charge in [0, 0.05) is 44.3 Å². The normalized spacial score (nSPS) is 12.6. The molecule has 0 aromatic heterocycles. The maximum Gasteiger partial charge on any atom is 0.0775 e. The van der Waals surface area contributed by atoms with Gasteiger partial charge in [0.05, 0.1) is 27.5 Å². The van der Waals surface area contributed by atoms with Gasteiger partial charge in [-0.15, -0.1) is 0 Å². The van der Waals surface area contributed by atoms with Crippen LogP contribution in [0.2, 0.25) is 39.3 Å². The minimum atomic E-state index is -1.57. The van der Waals surface area contributed by atoms with Gasteiger partial charge < -0.3 is 9.80 Å². The molecule has 0 unspecified atom stereocenters. The average Bonchev–Trinajstić information content (AvgIpc) is 3.34. The Balaban J connectivity index is 1.35. The van der Waals surface area contributed by atoms with Gasteiger partial charge in [0.2, 0.25) is 0 Å². The molecule has 10 aromatic carbocycles. The molecule has 0 saturated carbocycles. The molecule has 0 aliphatic heterocycles. The van der Waals surface area contributed by atoms with Gasteiger partial charge in [-0.25, -0.2) is 0 Å². The quantitative estimate of drug-likeness (QED) is 0.0995. The van der Waals surface area contributed by atoms with Crippen molar-refractivity contribution in [2.45, 2.75) is 106 Å². The molecule has 2 nitrogen and oxygen atoms in total. The van der Waals surface area contributed by atoms with E-state index in [0.29, 0.717) is 0 Å². The fourth-order valence-corrected chi connectivity index (χ4v) is 12.9. The molecule has 0 aliphatic rings. The highest BCUT2D eigenvalue weighted by atomic mass is 28.3. The van der Waals surface area contributed by atoms with Crippen LogP contribution in [-0.4, -0.2) is 16.1 Å². The van der Waals surface area contributed by atoms with E-state index in [1.54, 1.807) is 0 Å². The molecule has 0 amide bonds. The first-order valence-electron chi connectivity index (χ1n) is 26.0. The minimum Gasteiger partial charge on any atom is -0.310 e. The first-order valence-corrected chi connectivity index (χ1v) is 33.0. The van der Waals surface area contributed by atoms with Crippen LogP contribution in [0.5, 0.6) is 0 Å². The summed E-state index contributed by atoms with van der Waals surface area (Å²) in [5, 5.41) is 10.4. The summed E-state index contributed by atoms with van der Waals surface area (Å²) in [6, 6.07) is 70.5. The van der Waals surface area contributed by atoms with E-state index in [2.05, 4.69) is 286 Å². The largest absolute Gasteiger partial charge is 0.310 e. The second-order valence-corrected chi connectivity index (χ2v) is 34.7. The fraction of sp³-hybridized carbons (Fsp3) is 0.235. The molecule has 0 saturated heterocycles. The Kier molecular flexibility index (Phi) is 12.3. The Labute approximate surface area is 432 Å². The molecule has 362 valence electrons. The van der Waals surface area contributed by atoms with Crippen molar-refractivity contribution in [3.05, 3.63) is 204 Å². The monoisotopic (exact) mass is 973 g/mol. The summed E-state index contributed by atoms with van der Waals surface area (Å²) in [4.78, 5) is 5.05. The second-order valence-electron chi connectivity index (χ2n) is 24.5. The molecular formula is C68H72N2Si2. The Bertz CT molecular complexity index is 3200. The lowest BCUT2D eigenvalue weighted by Gasteiger charge is -2.32. The summed E-state index contributed by atoms with van der Waals surface area (Å²) in [6.07, 6.45) is 0. The predicted molar refractivity (Wildman–Crippen MR) is 323 cm³/mol. The number of benzene rings is 10. The lowest BCUT2D eigenvalue weighted by molar-refractivity contribution is 0.590. The molecule has 0 radical (unpaired) electrons. The van der Waals surface area contributed by atoms with E-state index in [9.17, 15) is 0 Å². The van der Waals surface area contributed by atoms with Crippen molar-refractivity contribution < 1.29 is 0 Å². The molecule has 0 fully saturated rings. The van der Waals surface area contributed by atoms with Crippen LogP contribution in [0.1, 0.15) is 63.8 Å². The van der Waals surface area contributed by atoms with E-state index in [4.69, 9.17) is 0 Å². The van der Waals surface area contributed by atoms with Crippen LogP contribution in [0.25, 0.3) is 54.6 Å². The van der Waals surface area contributed by atoms with Crippen LogP contribution in [0.3, 0.4) is 0 Å². The van der Waals surface area contributed by atoms with Crippen LogP contribution < -0.4 is 20.2 Å². The van der Waals surface area contributed by atoms with Gasteiger partial charge in [0.15, 0.2) is 0 Å². The number of anilines is 6. The van der Waals surface area contributed by atoms with Crippen molar-refractivity contribution in [1.29, 1.82) is 0 Å². The molecule has 0 atom stereocenters. The number of hydrogen-bond acceptors (Lipinski definition) is 2. The number of aryl methyl sites for hydroxylation is 2. The Morgan fingerprint density at radius 2 is 0.597 bits per heavy atom. The maximum atomic E-state index is 2.52. The number of nitrogens with zero attached hydrogens (tertiary/aromatic N) is 2. The number of rotatable bonds is 10. The van der Waals surface area contributed by atoms with Crippen LogP contribution in [0.15, 0.2) is 182 Å². The molecule has 4 heteroatoms. The van der Waals surface area contributed by atoms with Gasteiger partial charge in [-0.1, -0.05) is 224 Å². The first kappa shape index (κ1) is 48.9. The van der Waals surface area contributed by atoms with E-state index < -0.39 is 16.1 Å². The summed E-state index contributed by atoms with van der Waals surface area (Å²) in [7, 11) is -3.14.